The molecule has 2 amide bonds. The molecule has 1 atom stereocenters. The molecule has 1 aliphatic rings. The number of hydrogen-bond donors (Lipinski definition) is 2. The normalized spacial score (nSPS) is 16.5. The van der Waals surface area contributed by atoms with E-state index in [0.717, 1.165) is 4.90 Å². The molecule has 1 aliphatic heterocycles. The Bertz CT molecular complexity index is 740. The number of halogens is 1. The zero-order valence-corrected chi connectivity index (χ0v) is 14.0. The molecule has 0 unspecified atom stereocenters. The molecule has 6 nitrogen and oxygen atoms in total. The summed E-state index contributed by atoms with van der Waals surface area (Å²) in [7, 11) is 0. The molecule has 0 radical (unpaired) electrons. The second kappa shape index (κ2) is 7.48. The van der Waals surface area contributed by atoms with Crippen molar-refractivity contribution in [1.29, 1.82) is 0 Å². The lowest BCUT2D eigenvalue weighted by Crippen LogP contribution is -3.19. The average molecular weight is 346 g/mol. The topological polar surface area (TPSA) is 67.0 Å². The van der Waals surface area contributed by atoms with Gasteiger partial charge in [-0.25, -0.2) is 4.39 Å². The summed E-state index contributed by atoms with van der Waals surface area (Å²) in [5.74, 6) is -0.337. The van der Waals surface area contributed by atoms with Crippen molar-refractivity contribution in [3.63, 3.8) is 0 Å². The molecule has 1 aromatic heterocycles. The molecule has 25 heavy (non-hydrogen) atoms. The van der Waals surface area contributed by atoms with Crippen LogP contribution in [0, 0.1) is 5.82 Å². The number of piperazine rings is 1. The van der Waals surface area contributed by atoms with E-state index < -0.39 is 0 Å². The number of nitrogens with one attached hydrogen (secondary N) is 2. The minimum atomic E-state index is -0.386. The van der Waals surface area contributed by atoms with Crippen molar-refractivity contribution in [2.75, 3.05) is 31.5 Å². The van der Waals surface area contributed by atoms with E-state index in [4.69, 9.17) is 4.42 Å². The van der Waals surface area contributed by atoms with Crippen molar-refractivity contribution in [3.05, 3.63) is 54.2 Å². The van der Waals surface area contributed by atoms with Crippen LogP contribution in [0.4, 0.5) is 10.1 Å². The van der Waals surface area contributed by atoms with Gasteiger partial charge in [-0.05, 0) is 37.3 Å². The highest BCUT2D eigenvalue weighted by Gasteiger charge is 2.31. The quantitative estimate of drug-likeness (QED) is 0.860. The molecule has 1 fully saturated rings. The van der Waals surface area contributed by atoms with Gasteiger partial charge in [0.25, 0.3) is 11.8 Å². The number of carbonyl (C=O) groups is 2. The predicted molar refractivity (Wildman–Crippen MR) is 89.8 cm³/mol. The van der Waals surface area contributed by atoms with Crippen LogP contribution in [0.3, 0.4) is 0 Å². The number of furan rings is 1. The molecule has 7 heteroatoms. The van der Waals surface area contributed by atoms with Gasteiger partial charge < -0.3 is 19.5 Å². The Kier molecular flexibility index (Phi) is 5.14. The third-order valence-corrected chi connectivity index (χ3v) is 4.52. The Hall–Kier alpha value is -2.67. The van der Waals surface area contributed by atoms with E-state index in [2.05, 4.69) is 5.32 Å². The zero-order valence-electron chi connectivity index (χ0n) is 14.0. The van der Waals surface area contributed by atoms with Crippen molar-refractivity contribution in [1.82, 2.24) is 4.90 Å². The first kappa shape index (κ1) is 17.2. The highest BCUT2D eigenvalue weighted by atomic mass is 19.1. The van der Waals surface area contributed by atoms with Gasteiger partial charge in [-0.2, -0.15) is 0 Å². The van der Waals surface area contributed by atoms with Gasteiger partial charge >= 0.3 is 0 Å². The van der Waals surface area contributed by atoms with Crippen molar-refractivity contribution in [2.45, 2.75) is 13.0 Å². The van der Waals surface area contributed by atoms with E-state index >= 15 is 0 Å². The number of nitrogens with zero attached hydrogens (tertiary/aromatic N) is 1. The Morgan fingerprint density at radius 1 is 1.24 bits per heavy atom. The second-order valence-corrected chi connectivity index (χ2v) is 6.15. The first-order valence-electron chi connectivity index (χ1n) is 8.28. The third kappa shape index (κ3) is 4.06. The molecular formula is C18H21FN3O3+. The van der Waals surface area contributed by atoms with E-state index in [9.17, 15) is 14.0 Å². The summed E-state index contributed by atoms with van der Waals surface area (Å²) in [5.41, 5.74) is 0.447. The second-order valence-electron chi connectivity index (χ2n) is 6.15. The Morgan fingerprint density at radius 2 is 2.00 bits per heavy atom. The number of carbonyl (C=O) groups excluding carboxylic acids is 2. The summed E-state index contributed by atoms with van der Waals surface area (Å²) in [5, 5.41) is 2.74. The van der Waals surface area contributed by atoms with Gasteiger partial charge in [0.15, 0.2) is 11.8 Å². The first-order chi connectivity index (χ1) is 12.0. The van der Waals surface area contributed by atoms with Crippen LogP contribution in [-0.4, -0.2) is 48.9 Å². The van der Waals surface area contributed by atoms with E-state index in [1.165, 1.54) is 18.4 Å². The van der Waals surface area contributed by atoms with Gasteiger partial charge in [0, 0.05) is 5.69 Å². The third-order valence-electron chi connectivity index (χ3n) is 4.52. The summed E-state index contributed by atoms with van der Waals surface area (Å²) < 4.78 is 18.4. The number of amides is 2. The molecule has 2 N–H and O–H groups in total. The van der Waals surface area contributed by atoms with E-state index in [1.54, 1.807) is 29.2 Å². The van der Waals surface area contributed by atoms with Gasteiger partial charge in [-0.3, -0.25) is 9.59 Å². The Morgan fingerprint density at radius 3 is 2.64 bits per heavy atom. The average Bonchev–Trinajstić information content (AvgIpc) is 3.15. The number of anilines is 1. The lowest BCUT2D eigenvalue weighted by atomic mass is 10.2. The highest BCUT2D eigenvalue weighted by molar-refractivity contribution is 5.93. The molecule has 0 saturated carbocycles. The van der Waals surface area contributed by atoms with Crippen molar-refractivity contribution >= 4 is 17.5 Å². The summed E-state index contributed by atoms with van der Waals surface area (Å²) in [4.78, 5) is 27.5. The van der Waals surface area contributed by atoms with Gasteiger partial charge in [-0.15, -0.1) is 0 Å². The molecule has 132 valence electrons. The van der Waals surface area contributed by atoms with Crippen LogP contribution in [0.25, 0.3) is 0 Å². The molecule has 3 rings (SSSR count). The van der Waals surface area contributed by atoms with Crippen molar-refractivity contribution in [2.24, 2.45) is 0 Å². The van der Waals surface area contributed by atoms with Crippen molar-refractivity contribution < 1.29 is 23.3 Å². The van der Waals surface area contributed by atoms with Gasteiger partial charge in [-0.1, -0.05) is 6.07 Å². The summed E-state index contributed by atoms with van der Waals surface area (Å²) in [6.45, 7) is 4.31. The maximum absolute atomic E-state index is 13.2. The van der Waals surface area contributed by atoms with Gasteiger partial charge in [0.1, 0.15) is 5.82 Å². The number of quaternary nitrogens is 1. The monoisotopic (exact) mass is 346 g/mol. The molecule has 2 heterocycles. The van der Waals surface area contributed by atoms with Crippen molar-refractivity contribution in [3.8, 4) is 0 Å². The summed E-state index contributed by atoms with van der Waals surface area (Å²) >= 11 is 0. The molecule has 0 spiro atoms. The maximum atomic E-state index is 13.2. The van der Waals surface area contributed by atoms with Crippen LogP contribution < -0.4 is 10.2 Å². The number of benzene rings is 1. The SMILES string of the molecule is C[C@H](C(=O)Nc1cccc(F)c1)[NH+]1CCN(C(=O)c2ccco2)CC1. The largest absolute Gasteiger partial charge is 0.459 e. The Balaban J connectivity index is 1.53. The van der Waals surface area contributed by atoms with Crippen LogP contribution in [-0.2, 0) is 4.79 Å². The van der Waals surface area contributed by atoms with Crippen LogP contribution >= 0.6 is 0 Å². The van der Waals surface area contributed by atoms with Gasteiger partial charge in [0.2, 0.25) is 0 Å². The fourth-order valence-corrected chi connectivity index (χ4v) is 2.99. The zero-order chi connectivity index (χ0) is 17.8. The lowest BCUT2D eigenvalue weighted by Gasteiger charge is -2.34. The van der Waals surface area contributed by atoms with Crippen LogP contribution in [0.15, 0.2) is 47.1 Å². The molecule has 2 aromatic rings. The minimum Gasteiger partial charge on any atom is -0.459 e. The highest BCUT2D eigenvalue weighted by Crippen LogP contribution is 2.09. The smallest absolute Gasteiger partial charge is 0.289 e. The molecule has 1 aromatic carbocycles. The van der Waals surface area contributed by atoms with Gasteiger partial charge in [0.05, 0.1) is 32.4 Å². The summed E-state index contributed by atoms with van der Waals surface area (Å²) in [6.07, 6.45) is 1.48. The molecule has 1 saturated heterocycles. The van der Waals surface area contributed by atoms with Crippen LogP contribution in [0.1, 0.15) is 17.5 Å². The fourth-order valence-electron chi connectivity index (χ4n) is 2.99. The van der Waals surface area contributed by atoms with E-state index in [0.29, 0.717) is 37.6 Å². The van der Waals surface area contributed by atoms with Crippen LogP contribution in [0.2, 0.25) is 0 Å². The first-order valence-corrected chi connectivity index (χ1v) is 8.28. The van der Waals surface area contributed by atoms with Crippen LogP contribution in [0.5, 0.6) is 0 Å². The lowest BCUT2D eigenvalue weighted by molar-refractivity contribution is -0.917. The van der Waals surface area contributed by atoms with E-state index in [-0.39, 0.29) is 23.7 Å². The Labute approximate surface area is 145 Å². The molecule has 0 aliphatic carbocycles. The number of hydrogen-bond acceptors (Lipinski definition) is 3. The standard InChI is InChI=1S/C18H20FN3O3/c1-13(17(23)20-15-5-2-4-14(19)12-15)21-7-9-22(10-8-21)18(24)16-6-3-11-25-16/h2-6,11-13H,7-10H2,1H3,(H,20,23)/p+1/t13-/m1/s1. The fraction of sp³-hybridized carbons (Fsp3) is 0.333. The minimum absolute atomic E-state index is 0.124. The summed E-state index contributed by atoms with van der Waals surface area (Å²) in [6, 6.07) is 8.89. The molecule has 0 bridgehead atoms. The predicted octanol–water partition coefficient (Wildman–Crippen LogP) is 0.787. The number of rotatable bonds is 4. The maximum Gasteiger partial charge on any atom is 0.289 e. The van der Waals surface area contributed by atoms with E-state index in [1.807, 2.05) is 6.92 Å². The molecular weight excluding hydrogens is 325 g/mol.